The molecule has 3 aliphatic rings. The van der Waals surface area contributed by atoms with Gasteiger partial charge in [0.25, 0.3) is 0 Å². The van der Waals surface area contributed by atoms with Crippen LogP contribution in [0.2, 0.25) is 0 Å². The van der Waals surface area contributed by atoms with Gasteiger partial charge in [-0.15, -0.1) is 0 Å². The van der Waals surface area contributed by atoms with E-state index in [1.54, 1.807) is 0 Å². The van der Waals surface area contributed by atoms with Crippen LogP contribution in [0.5, 0.6) is 0 Å². The monoisotopic (exact) mass is 319 g/mol. The number of rotatable bonds is 6. The van der Waals surface area contributed by atoms with Crippen molar-refractivity contribution >= 4 is 12.0 Å². The van der Waals surface area contributed by atoms with E-state index in [9.17, 15) is 9.59 Å². The van der Waals surface area contributed by atoms with Crippen molar-refractivity contribution in [2.24, 2.45) is 11.3 Å². The van der Waals surface area contributed by atoms with Crippen molar-refractivity contribution in [3.8, 4) is 6.07 Å². The van der Waals surface area contributed by atoms with Gasteiger partial charge in [0.2, 0.25) is 5.91 Å². The molecule has 0 aromatic heterocycles. The Kier molecular flexibility index (Phi) is 3.99. The van der Waals surface area contributed by atoms with Crippen molar-refractivity contribution in [2.45, 2.75) is 76.5 Å². The summed E-state index contributed by atoms with van der Waals surface area (Å²) < 4.78 is 5.46. The molecule has 0 bridgehead atoms. The molecule has 1 spiro atoms. The second-order valence-electron chi connectivity index (χ2n) is 7.82. The zero-order valence-corrected chi connectivity index (χ0v) is 13.9. The van der Waals surface area contributed by atoms with Crippen molar-refractivity contribution in [3.05, 3.63) is 0 Å². The number of nitriles is 1. The van der Waals surface area contributed by atoms with Gasteiger partial charge in [-0.3, -0.25) is 4.79 Å². The molecule has 3 rings (SSSR count). The van der Waals surface area contributed by atoms with Crippen LogP contribution < -0.4 is 10.6 Å². The molecule has 0 aromatic carbocycles. The van der Waals surface area contributed by atoms with E-state index in [1.807, 2.05) is 13.8 Å². The molecule has 3 aliphatic carbocycles. The molecule has 3 saturated carbocycles. The maximum absolute atomic E-state index is 12.4. The summed E-state index contributed by atoms with van der Waals surface area (Å²) in [4.78, 5) is 24.5. The first kappa shape index (κ1) is 16.1. The van der Waals surface area contributed by atoms with Crippen LogP contribution in [0.1, 0.15) is 58.8 Å². The Bertz CT molecular complexity index is 544. The van der Waals surface area contributed by atoms with E-state index in [4.69, 9.17) is 10.00 Å². The Morgan fingerprint density at radius 2 is 2.00 bits per heavy atom. The van der Waals surface area contributed by atoms with Gasteiger partial charge in [-0.2, -0.15) is 5.26 Å². The fourth-order valence-electron chi connectivity index (χ4n) is 3.36. The standard InChI is InChI=1S/C17H25N3O3/c1-11(2)8-12(14(21)20-17(10-18)6-7-17)19-15(22)23-13-9-16(13)4-3-5-16/h11-13H,3-9H2,1-2H3,(H,19,22)(H,20,21)/t12-,13?/m0/s1. The van der Waals surface area contributed by atoms with Crippen molar-refractivity contribution in [1.29, 1.82) is 5.26 Å². The molecule has 2 amide bonds. The fraction of sp³-hybridized carbons (Fsp3) is 0.824. The molecule has 0 radical (unpaired) electrons. The summed E-state index contributed by atoms with van der Waals surface area (Å²) in [5.41, 5.74) is -0.462. The highest BCUT2D eigenvalue weighted by Crippen LogP contribution is 2.62. The largest absolute Gasteiger partial charge is 0.446 e. The lowest BCUT2D eigenvalue weighted by atomic mass is 9.81. The van der Waals surface area contributed by atoms with Crippen molar-refractivity contribution in [1.82, 2.24) is 10.6 Å². The summed E-state index contributed by atoms with van der Waals surface area (Å²) >= 11 is 0. The van der Waals surface area contributed by atoms with Crippen molar-refractivity contribution in [3.63, 3.8) is 0 Å². The van der Waals surface area contributed by atoms with E-state index >= 15 is 0 Å². The van der Waals surface area contributed by atoms with E-state index in [1.165, 1.54) is 6.42 Å². The lowest BCUT2D eigenvalue weighted by molar-refractivity contribution is -0.124. The third-order valence-electron chi connectivity index (χ3n) is 5.36. The minimum Gasteiger partial charge on any atom is -0.446 e. The molecule has 6 nitrogen and oxygen atoms in total. The molecule has 1 unspecified atom stereocenters. The fourth-order valence-corrected chi connectivity index (χ4v) is 3.36. The predicted molar refractivity (Wildman–Crippen MR) is 83.3 cm³/mol. The van der Waals surface area contributed by atoms with Crippen LogP contribution in [0.3, 0.4) is 0 Å². The first-order valence-electron chi connectivity index (χ1n) is 8.58. The SMILES string of the molecule is CC(C)C[C@H](NC(=O)OC1CC12CCC2)C(=O)NC1(C#N)CC1. The van der Waals surface area contributed by atoms with E-state index in [0.717, 1.165) is 19.3 Å². The minimum absolute atomic E-state index is 0.0212. The Hall–Kier alpha value is -1.77. The highest BCUT2D eigenvalue weighted by Gasteiger charge is 2.60. The van der Waals surface area contributed by atoms with Gasteiger partial charge in [-0.25, -0.2) is 4.79 Å². The molecular formula is C17H25N3O3. The highest BCUT2D eigenvalue weighted by molar-refractivity contribution is 5.86. The molecular weight excluding hydrogens is 294 g/mol. The van der Waals surface area contributed by atoms with Gasteiger partial charge in [-0.1, -0.05) is 20.3 Å². The number of ether oxygens (including phenoxy) is 1. The number of nitrogens with one attached hydrogen (secondary N) is 2. The van der Waals surface area contributed by atoms with Crippen molar-refractivity contribution in [2.75, 3.05) is 0 Å². The predicted octanol–water partition coefficient (Wildman–Crippen LogP) is 2.24. The summed E-state index contributed by atoms with van der Waals surface area (Å²) in [6.45, 7) is 3.99. The van der Waals surface area contributed by atoms with Crippen LogP contribution in [-0.4, -0.2) is 29.7 Å². The third kappa shape index (κ3) is 3.44. The first-order valence-corrected chi connectivity index (χ1v) is 8.58. The average molecular weight is 319 g/mol. The first-order chi connectivity index (χ1) is 10.9. The molecule has 2 atom stereocenters. The van der Waals surface area contributed by atoms with Gasteiger partial charge in [0, 0.05) is 5.41 Å². The summed E-state index contributed by atoms with van der Waals surface area (Å²) in [5, 5.41) is 14.6. The van der Waals surface area contributed by atoms with E-state index < -0.39 is 17.7 Å². The Morgan fingerprint density at radius 3 is 2.43 bits per heavy atom. The molecule has 0 heterocycles. The van der Waals surface area contributed by atoms with Crippen LogP contribution in [0, 0.1) is 22.7 Å². The molecule has 0 aliphatic heterocycles. The van der Waals surface area contributed by atoms with Crippen LogP contribution in [-0.2, 0) is 9.53 Å². The third-order valence-corrected chi connectivity index (χ3v) is 5.36. The number of hydrogen-bond acceptors (Lipinski definition) is 4. The van der Waals surface area contributed by atoms with Gasteiger partial charge in [-0.05, 0) is 44.4 Å². The summed E-state index contributed by atoms with van der Waals surface area (Å²) in [6.07, 6.45) is 5.86. The Morgan fingerprint density at radius 1 is 1.30 bits per heavy atom. The quantitative estimate of drug-likeness (QED) is 0.785. The molecule has 126 valence electrons. The maximum atomic E-state index is 12.4. The number of hydrogen-bond donors (Lipinski definition) is 2. The maximum Gasteiger partial charge on any atom is 0.408 e. The van der Waals surface area contributed by atoms with Crippen LogP contribution >= 0.6 is 0 Å². The van der Waals surface area contributed by atoms with Crippen LogP contribution in [0.4, 0.5) is 4.79 Å². The zero-order valence-electron chi connectivity index (χ0n) is 13.9. The van der Waals surface area contributed by atoms with E-state index in [-0.39, 0.29) is 23.3 Å². The van der Waals surface area contributed by atoms with Crippen LogP contribution in [0.15, 0.2) is 0 Å². The molecule has 0 saturated heterocycles. The topological polar surface area (TPSA) is 91.2 Å². The lowest BCUT2D eigenvalue weighted by Gasteiger charge is -2.26. The molecule has 23 heavy (non-hydrogen) atoms. The van der Waals surface area contributed by atoms with Gasteiger partial charge >= 0.3 is 6.09 Å². The van der Waals surface area contributed by atoms with Crippen molar-refractivity contribution < 1.29 is 14.3 Å². The van der Waals surface area contributed by atoms with E-state index in [0.29, 0.717) is 19.3 Å². The molecule has 0 aromatic rings. The van der Waals surface area contributed by atoms with Crippen LogP contribution in [0.25, 0.3) is 0 Å². The van der Waals surface area contributed by atoms with E-state index in [2.05, 4.69) is 16.7 Å². The average Bonchev–Trinajstić information content (AvgIpc) is 3.32. The molecule has 2 N–H and O–H groups in total. The summed E-state index contributed by atoms with van der Waals surface area (Å²) in [7, 11) is 0. The van der Waals surface area contributed by atoms with Gasteiger partial charge in [0.05, 0.1) is 6.07 Å². The second-order valence-corrected chi connectivity index (χ2v) is 7.82. The molecule has 6 heteroatoms. The summed E-state index contributed by atoms with van der Waals surface area (Å²) in [6, 6.07) is 1.49. The zero-order chi connectivity index (χ0) is 16.7. The minimum atomic E-state index is -0.718. The van der Waals surface area contributed by atoms with Gasteiger partial charge in [0.1, 0.15) is 17.7 Å². The normalized spacial score (nSPS) is 26.6. The number of carbonyl (C=O) groups is 2. The lowest BCUT2D eigenvalue weighted by Crippen LogP contribution is -2.51. The number of alkyl carbamates (subject to hydrolysis) is 1. The number of carbonyl (C=O) groups excluding carboxylic acids is 2. The number of nitrogens with zero attached hydrogens (tertiary/aromatic N) is 1. The second kappa shape index (κ2) is 5.70. The summed E-state index contributed by atoms with van der Waals surface area (Å²) in [5.74, 6) is -0.0361. The highest BCUT2D eigenvalue weighted by atomic mass is 16.6. The Balaban J connectivity index is 1.52. The van der Waals surface area contributed by atoms with Gasteiger partial charge in [0.15, 0.2) is 0 Å². The number of amides is 2. The Labute approximate surface area is 136 Å². The smallest absolute Gasteiger partial charge is 0.408 e. The van der Waals surface area contributed by atoms with Gasteiger partial charge < -0.3 is 15.4 Å². The molecule has 3 fully saturated rings.